The maximum atomic E-state index is 12.8. The molecule has 0 heterocycles. The third-order valence-corrected chi connectivity index (χ3v) is 5.96. The predicted molar refractivity (Wildman–Crippen MR) is 130 cm³/mol. The predicted octanol–water partition coefficient (Wildman–Crippen LogP) is 3.21. The van der Waals surface area contributed by atoms with Crippen molar-refractivity contribution in [3.63, 3.8) is 0 Å². The van der Waals surface area contributed by atoms with Crippen molar-refractivity contribution >= 4 is 18.0 Å². The summed E-state index contributed by atoms with van der Waals surface area (Å²) in [7, 11) is 3.54. The van der Waals surface area contributed by atoms with Gasteiger partial charge in [-0.2, -0.15) is 0 Å². The second-order valence-electron chi connectivity index (χ2n) is 8.83. The molecule has 2 aromatic carbocycles. The van der Waals surface area contributed by atoms with E-state index in [1.165, 1.54) is 0 Å². The summed E-state index contributed by atoms with van der Waals surface area (Å²) < 4.78 is 5.55. The number of carbonyl (C=O) groups excluding carboxylic acids is 2. The van der Waals surface area contributed by atoms with Crippen LogP contribution in [0, 0.1) is 0 Å². The molecule has 1 unspecified atom stereocenters. The molecular formula is C26H33N3O5. The Bertz CT molecular complexity index is 978. The Morgan fingerprint density at radius 2 is 1.56 bits per heavy atom. The van der Waals surface area contributed by atoms with Crippen molar-refractivity contribution in [3.8, 4) is 11.1 Å². The summed E-state index contributed by atoms with van der Waals surface area (Å²) in [6.07, 6.45) is 1.11. The van der Waals surface area contributed by atoms with Gasteiger partial charge in [0.1, 0.15) is 18.7 Å². The SMILES string of the molecule is CCCCC(NC(=O)[C@H](CN(C)C)NC(=O)OCC1c2ccccc2-c2ccccc21)C(=O)O. The average molecular weight is 468 g/mol. The Morgan fingerprint density at radius 1 is 0.971 bits per heavy atom. The van der Waals surface area contributed by atoms with E-state index in [-0.39, 0.29) is 19.1 Å². The maximum Gasteiger partial charge on any atom is 0.407 e. The van der Waals surface area contributed by atoms with Gasteiger partial charge in [-0.05, 0) is 42.8 Å². The van der Waals surface area contributed by atoms with Gasteiger partial charge in [-0.1, -0.05) is 68.3 Å². The molecule has 2 aromatic rings. The molecule has 8 heteroatoms. The summed E-state index contributed by atoms with van der Waals surface area (Å²) in [5.74, 6) is -1.73. The molecule has 0 spiro atoms. The van der Waals surface area contributed by atoms with E-state index in [2.05, 4.69) is 22.8 Å². The van der Waals surface area contributed by atoms with E-state index in [4.69, 9.17) is 4.74 Å². The topological polar surface area (TPSA) is 108 Å². The smallest absolute Gasteiger partial charge is 0.407 e. The Balaban J connectivity index is 1.65. The molecule has 182 valence electrons. The number of alkyl carbamates (subject to hydrolysis) is 1. The molecule has 2 amide bonds. The lowest BCUT2D eigenvalue weighted by Crippen LogP contribution is -2.55. The van der Waals surface area contributed by atoms with Crippen LogP contribution in [0.3, 0.4) is 0 Å². The van der Waals surface area contributed by atoms with Gasteiger partial charge in [0.05, 0.1) is 0 Å². The van der Waals surface area contributed by atoms with Gasteiger partial charge < -0.3 is 25.4 Å². The van der Waals surface area contributed by atoms with Gasteiger partial charge in [-0.15, -0.1) is 0 Å². The second kappa shape index (κ2) is 11.7. The standard InChI is InChI=1S/C26H33N3O5/c1-4-5-14-22(25(31)32)27-24(30)23(15-29(2)3)28-26(33)34-16-21-19-12-8-6-10-17(19)18-11-7-9-13-20(18)21/h6-13,21-23H,4-5,14-16H2,1-3H3,(H,27,30)(H,28,33)(H,31,32)/t22?,23-/m0/s1. The maximum absolute atomic E-state index is 12.8. The van der Waals surface area contributed by atoms with Crippen molar-refractivity contribution in [2.24, 2.45) is 0 Å². The lowest BCUT2D eigenvalue weighted by Gasteiger charge is -2.24. The van der Waals surface area contributed by atoms with E-state index in [0.717, 1.165) is 28.7 Å². The van der Waals surface area contributed by atoms with Gasteiger partial charge >= 0.3 is 12.1 Å². The fourth-order valence-corrected chi connectivity index (χ4v) is 4.28. The third kappa shape index (κ3) is 6.14. The number of rotatable bonds is 11. The number of carboxylic acid groups (broad SMARTS) is 1. The first-order valence-electron chi connectivity index (χ1n) is 11.6. The molecule has 2 atom stereocenters. The number of benzene rings is 2. The van der Waals surface area contributed by atoms with E-state index in [0.29, 0.717) is 12.8 Å². The van der Waals surface area contributed by atoms with Crippen molar-refractivity contribution in [3.05, 3.63) is 59.7 Å². The summed E-state index contributed by atoms with van der Waals surface area (Å²) in [4.78, 5) is 38.7. The first kappa shape index (κ1) is 25.2. The van der Waals surface area contributed by atoms with E-state index in [1.54, 1.807) is 19.0 Å². The Labute approximate surface area is 200 Å². The normalized spacial score (nSPS) is 14.1. The van der Waals surface area contributed by atoms with Crippen molar-refractivity contribution < 1.29 is 24.2 Å². The molecule has 3 rings (SSSR count). The van der Waals surface area contributed by atoms with Gasteiger partial charge in [0.25, 0.3) is 0 Å². The number of amides is 2. The van der Waals surface area contributed by atoms with Crippen LogP contribution in [0.1, 0.15) is 43.2 Å². The van der Waals surface area contributed by atoms with Crippen LogP contribution >= 0.6 is 0 Å². The summed E-state index contributed by atoms with van der Waals surface area (Å²) >= 11 is 0. The van der Waals surface area contributed by atoms with Crippen LogP contribution in [0.25, 0.3) is 11.1 Å². The zero-order valence-electron chi connectivity index (χ0n) is 19.9. The number of ether oxygens (including phenoxy) is 1. The zero-order valence-corrected chi connectivity index (χ0v) is 19.9. The third-order valence-electron chi connectivity index (χ3n) is 5.96. The monoisotopic (exact) mass is 467 g/mol. The number of nitrogens with one attached hydrogen (secondary N) is 2. The van der Waals surface area contributed by atoms with E-state index in [9.17, 15) is 19.5 Å². The number of hydrogen-bond donors (Lipinski definition) is 3. The van der Waals surface area contributed by atoms with E-state index >= 15 is 0 Å². The molecular weight excluding hydrogens is 434 g/mol. The van der Waals surface area contributed by atoms with Gasteiger partial charge in [-0.25, -0.2) is 9.59 Å². The van der Waals surface area contributed by atoms with Crippen molar-refractivity contribution in [1.29, 1.82) is 0 Å². The van der Waals surface area contributed by atoms with Crippen LogP contribution in [0.5, 0.6) is 0 Å². The number of likely N-dealkylation sites (N-methyl/N-ethyl adjacent to an activating group) is 1. The van der Waals surface area contributed by atoms with E-state index in [1.807, 2.05) is 43.3 Å². The number of nitrogens with zero attached hydrogens (tertiary/aromatic N) is 1. The minimum absolute atomic E-state index is 0.0929. The highest BCUT2D eigenvalue weighted by Crippen LogP contribution is 2.44. The molecule has 0 saturated carbocycles. The first-order chi connectivity index (χ1) is 16.3. The van der Waals surface area contributed by atoms with Crippen LogP contribution in [0.2, 0.25) is 0 Å². The molecule has 1 aliphatic rings. The quantitative estimate of drug-likeness (QED) is 0.468. The van der Waals surface area contributed by atoms with Crippen LogP contribution in [-0.4, -0.2) is 67.3 Å². The fourth-order valence-electron chi connectivity index (χ4n) is 4.28. The number of carbonyl (C=O) groups is 3. The van der Waals surface area contributed by atoms with Gasteiger partial charge in [0.15, 0.2) is 0 Å². The van der Waals surface area contributed by atoms with Crippen LogP contribution < -0.4 is 10.6 Å². The number of unbranched alkanes of at least 4 members (excludes halogenated alkanes) is 1. The molecule has 0 bridgehead atoms. The Morgan fingerprint density at radius 3 is 2.09 bits per heavy atom. The van der Waals surface area contributed by atoms with Crippen LogP contribution in [0.4, 0.5) is 4.79 Å². The largest absolute Gasteiger partial charge is 0.480 e. The molecule has 1 aliphatic carbocycles. The Kier molecular flexibility index (Phi) is 8.65. The molecule has 0 fully saturated rings. The lowest BCUT2D eigenvalue weighted by molar-refractivity contribution is -0.142. The number of carboxylic acids is 1. The minimum atomic E-state index is -1.09. The molecule has 0 radical (unpaired) electrons. The summed E-state index contributed by atoms with van der Waals surface area (Å²) in [5.41, 5.74) is 4.45. The van der Waals surface area contributed by atoms with Gasteiger partial charge in [-0.3, -0.25) is 4.79 Å². The number of fused-ring (bicyclic) bond motifs is 3. The molecule has 0 aromatic heterocycles. The highest BCUT2D eigenvalue weighted by molar-refractivity contribution is 5.89. The summed E-state index contributed by atoms with van der Waals surface area (Å²) in [5, 5.41) is 14.6. The molecule has 8 nitrogen and oxygen atoms in total. The lowest BCUT2D eigenvalue weighted by atomic mass is 9.98. The van der Waals surface area contributed by atoms with Crippen molar-refractivity contribution in [2.75, 3.05) is 27.2 Å². The van der Waals surface area contributed by atoms with Crippen LogP contribution in [-0.2, 0) is 14.3 Å². The summed E-state index contributed by atoms with van der Waals surface area (Å²) in [6.45, 7) is 2.29. The van der Waals surface area contributed by atoms with Gasteiger partial charge in [0.2, 0.25) is 5.91 Å². The zero-order chi connectivity index (χ0) is 24.7. The molecule has 0 saturated heterocycles. The van der Waals surface area contributed by atoms with Gasteiger partial charge in [0, 0.05) is 12.5 Å². The van der Waals surface area contributed by atoms with E-state index < -0.39 is 30.1 Å². The highest BCUT2D eigenvalue weighted by atomic mass is 16.5. The van der Waals surface area contributed by atoms with Crippen molar-refractivity contribution in [1.82, 2.24) is 15.5 Å². The van der Waals surface area contributed by atoms with Crippen molar-refractivity contribution in [2.45, 2.75) is 44.2 Å². The van der Waals surface area contributed by atoms with Crippen LogP contribution in [0.15, 0.2) is 48.5 Å². The number of aliphatic carboxylic acids is 1. The second-order valence-corrected chi connectivity index (χ2v) is 8.83. The number of hydrogen-bond acceptors (Lipinski definition) is 5. The molecule has 0 aliphatic heterocycles. The minimum Gasteiger partial charge on any atom is -0.480 e. The molecule has 34 heavy (non-hydrogen) atoms. The molecule has 3 N–H and O–H groups in total. The summed E-state index contributed by atoms with van der Waals surface area (Å²) in [6, 6.07) is 14.1. The average Bonchev–Trinajstić information content (AvgIpc) is 3.13. The Hall–Kier alpha value is -3.39. The fraction of sp³-hybridized carbons (Fsp3) is 0.423. The highest BCUT2D eigenvalue weighted by Gasteiger charge is 2.30. The first-order valence-corrected chi connectivity index (χ1v) is 11.6.